The van der Waals surface area contributed by atoms with Gasteiger partial charge in [0.25, 0.3) is 5.91 Å². The van der Waals surface area contributed by atoms with Gasteiger partial charge >= 0.3 is 0 Å². The highest BCUT2D eigenvalue weighted by molar-refractivity contribution is 7.98. The minimum atomic E-state index is -0.698. The number of rotatable bonds is 9. The van der Waals surface area contributed by atoms with E-state index in [9.17, 15) is 9.59 Å². The first-order chi connectivity index (χ1) is 14.5. The van der Waals surface area contributed by atoms with Crippen LogP contribution in [0.1, 0.15) is 16.8 Å². The maximum atomic E-state index is 12.9. The molecule has 0 aliphatic heterocycles. The van der Waals surface area contributed by atoms with Gasteiger partial charge in [-0.1, -0.05) is 23.5 Å². The molecule has 158 valence electrons. The molecule has 7 nitrogen and oxygen atoms in total. The van der Waals surface area contributed by atoms with Crippen LogP contribution in [0, 0.1) is 0 Å². The topological polar surface area (TPSA) is 89.5 Å². The Labute approximate surface area is 183 Å². The smallest absolute Gasteiger partial charge is 0.255 e. The van der Waals surface area contributed by atoms with Crippen molar-refractivity contribution in [2.45, 2.75) is 12.5 Å². The standard InChI is InChI=1S/C21H23N3O4S2/c1-27-13-8-9-15-18(12-13)30-21(23-15)24-20(26)16(10-11-29-3)22-19(25)14-6-4-5-7-17(14)28-2/h4-9,12,16H,10-11H2,1-3H3,(H,22,25)(H,23,24,26). The molecule has 3 aromatic rings. The van der Waals surface area contributed by atoms with E-state index in [1.165, 1.54) is 18.4 Å². The molecular formula is C21H23N3O4S2. The summed E-state index contributed by atoms with van der Waals surface area (Å²) in [5, 5.41) is 6.14. The maximum Gasteiger partial charge on any atom is 0.255 e. The average molecular weight is 446 g/mol. The van der Waals surface area contributed by atoms with Crippen molar-refractivity contribution in [1.29, 1.82) is 0 Å². The highest BCUT2D eigenvalue weighted by Crippen LogP contribution is 2.29. The van der Waals surface area contributed by atoms with Gasteiger partial charge in [0.2, 0.25) is 5.91 Å². The number of hydrogen-bond acceptors (Lipinski definition) is 7. The molecule has 0 bridgehead atoms. The molecule has 3 rings (SSSR count). The Hall–Kier alpha value is -2.78. The van der Waals surface area contributed by atoms with Crippen molar-refractivity contribution in [2.75, 3.05) is 31.5 Å². The number of hydrogen-bond donors (Lipinski definition) is 2. The van der Waals surface area contributed by atoms with Gasteiger partial charge in [0.05, 0.1) is 30.0 Å². The first kappa shape index (κ1) is 21.9. The second kappa shape index (κ2) is 10.3. The van der Waals surface area contributed by atoms with Gasteiger partial charge in [-0.05, 0) is 48.8 Å². The Morgan fingerprint density at radius 1 is 1.17 bits per heavy atom. The number of aromatic nitrogens is 1. The monoisotopic (exact) mass is 445 g/mol. The Kier molecular flexibility index (Phi) is 7.53. The van der Waals surface area contributed by atoms with Crippen molar-refractivity contribution in [3.05, 3.63) is 48.0 Å². The third-order valence-corrected chi connectivity index (χ3v) is 5.99. The molecule has 30 heavy (non-hydrogen) atoms. The van der Waals surface area contributed by atoms with Crippen molar-refractivity contribution < 1.29 is 19.1 Å². The molecule has 0 fully saturated rings. The minimum absolute atomic E-state index is 0.307. The van der Waals surface area contributed by atoms with Crippen LogP contribution in [-0.2, 0) is 4.79 Å². The van der Waals surface area contributed by atoms with Crippen LogP contribution in [0.4, 0.5) is 5.13 Å². The van der Waals surface area contributed by atoms with Crippen molar-refractivity contribution in [2.24, 2.45) is 0 Å². The van der Waals surface area contributed by atoms with E-state index in [0.29, 0.717) is 22.9 Å². The van der Waals surface area contributed by atoms with E-state index in [4.69, 9.17) is 9.47 Å². The lowest BCUT2D eigenvalue weighted by molar-refractivity contribution is -0.118. The van der Waals surface area contributed by atoms with Crippen molar-refractivity contribution in [1.82, 2.24) is 10.3 Å². The van der Waals surface area contributed by atoms with E-state index in [1.54, 1.807) is 43.1 Å². The molecule has 0 radical (unpaired) electrons. The quantitative estimate of drug-likeness (QED) is 0.521. The number of ether oxygens (including phenoxy) is 2. The van der Waals surface area contributed by atoms with Crippen LogP contribution in [0.2, 0.25) is 0 Å². The fraction of sp³-hybridized carbons (Fsp3) is 0.286. The summed E-state index contributed by atoms with van der Waals surface area (Å²) in [5.41, 5.74) is 1.16. The summed E-state index contributed by atoms with van der Waals surface area (Å²) in [6.07, 6.45) is 2.45. The number of anilines is 1. The minimum Gasteiger partial charge on any atom is -0.497 e. The molecule has 9 heteroatoms. The van der Waals surface area contributed by atoms with Crippen LogP contribution in [0.15, 0.2) is 42.5 Å². The molecule has 1 atom stereocenters. The van der Waals surface area contributed by atoms with Gasteiger partial charge in [-0.3, -0.25) is 9.59 Å². The van der Waals surface area contributed by atoms with E-state index in [2.05, 4.69) is 15.6 Å². The summed E-state index contributed by atoms with van der Waals surface area (Å²) in [6, 6.07) is 11.8. The Bertz CT molecular complexity index is 1040. The summed E-state index contributed by atoms with van der Waals surface area (Å²) in [6.45, 7) is 0. The third-order valence-electron chi connectivity index (χ3n) is 4.41. The van der Waals surface area contributed by atoms with Gasteiger partial charge in [0.1, 0.15) is 17.5 Å². The van der Waals surface area contributed by atoms with Gasteiger partial charge in [-0.25, -0.2) is 4.98 Å². The number of methoxy groups -OCH3 is 2. The summed E-state index contributed by atoms with van der Waals surface area (Å²) < 4.78 is 11.4. The average Bonchev–Trinajstić information content (AvgIpc) is 3.17. The van der Waals surface area contributed by atoms with Crippen LogP contribution in [0.3, 0.4) is 0 Å². The number of nitrogens with one attached hydrogen (secondary N) is 2. The van der Waals surface area contributed by atoms with E-state index in [1.807, 2.05) is 24.5 Å². The number of thiazole rings is 1. The first-order valence-electron chi connectivity index (χ1n) is 9.24. The van der Waals surface area contributed by atoms with Gasteiger partial charge in [-0.15, -0.1) is 0 Å². The third kappa shape index (κ3) is 5.22. The summed E-state index contributed by atoms with van der Waals surface area (Å²) in [5.74, 6) is 1.24. The molecular weight excluding hydrogens is 422 g/mol. The molecule has 0 aliphatic carbocycles. The van der Waals surface area contributed by atoms with E-state index in [-0.39, 0.29) is 11.8 Å². The van der Waals surface area contributed by atoms with E-state index >= 15 is 0 Å². The molecule has 1 aromatic heterocycles. The number of para-hydroxylation sites is 1. The number of nitrogens with zero attached hydrogens (tertiary/aromatic N) is 1. The summed E-state index contributed by atoms with van der Waals surface area (Å²) >= 11 is 2.97. The summed E-state index contributed by atoms with van der Waals surface area (Å²) in [7, 11) is 3.11. The zero-order valence-electron chi connectivity index (χ0n) is 16.9. The Morgan fingerprint density at radius 2 is 1.97 bits per heavy atom. The molecule has 1 unspecified atom stereocenters. The highest BCUT2D eigenvalue weighted by atomic mass is 32.2. The number of thioether (sulfide) groups is 1. The molecule has 0 aliphatic rings. The van der Waals surface area contributed by atoms with Crippen molar-refractivity contribution in [3.63, 3.8) is 0 Å². The summed E-state index contributed by atoms with van der Waals surface area (Å²) in [4.78, 5) is 30.1. The number of carbonyl (C=O) groups excluding carboxylic acids is 2. The lowest BCUT2D eigenvalue weighted by Gasteiger charge is -2.18. The van der Waals surface area contributed by atoms with Crippen LogP contribution in [0.25, 0.3) is 10.2 Å². The normalized spacial score (nSPS) is 11.7. The number of benzene rings is 2. The van der Waals surface area contributed by atoms with E-state index < -0.39 is 6.04 Å². The number of amides is 2. The zero-order chi connectivity index (χ0) is 21.5. The predicted octanol–water partition coefficient (Wildman–Crippen LogP) is 3.80. The predicted molar refractivity (Wildman–Crippen MR) is 122 cm³/mol. The largest absolute Gasteiger partial charge is 0.497 e. The van der Waals surface area contributed by atoms with Crippen LogP contribution in [-0.4, -0.2) is 49.1 Å². The molecule has 2 amide bonds. The van der Waals surface area contributed by atoms with Crippen molar-refractivity contribution in [3.8, 4) is 11.5 Å². The second-order valence-corrected chi connectivity index (χ2v) is 8.37. The SMILES string of the molecule is COc1ccc2nc(NC(=O)C(CCSC)NC(=O)c3ccccc3OC)sc2c1. The van der Waals surface area contributed by atoms with Crippen LogP contribution in [0.5, 0.6) is 11.5 Å². The molecule has 0 saturated carbocycles. The first-order valence-corrected chi connectivity index (χ1v) is 11.4. The molecule has 1 heterocycles. The fourth-order valence-corrected chi connectivity index (χ4v) is 4.22. The van der Waals surface area contributed by atoms with Gasteiger partial charge in [-0.2, -0.15) is 11.8 Å². The second-order valence-electron chi connectivity index (χ2n) is 6.35. The van der Waals surface area contributed by atoms with Gasteiger partial charge in [0.15, 0.2) is 5.13 Å². The number of carbonyl (C=O) groups is 2. The molecule has 0 spiro atoms. The number of fused-ring (bicyclic) bond motifs is 1. The zero-order valence-corrected chi connectivity index (χ0v) is 18.6. The van der Waals surface area contributed by atoms with Gasteiger partial charge in [0, 0.05) is 0 Å². The van der Waals surface area contributed by atoms with Crippen molar-refractivity contribution >= 4 is 50.3 Å². The molecule has 2 aromatic carbocycles. The fourth-order valence-electron chi connectivity index (χ4n) is 2.85. The lowest BCUT2D eigenvalue weighted by Crippen LogP contribution is -2.44. The maximum absolute atomic E-state index is 12.9. The lowest BCUT2D eigenvalue weighted by atomic mass is 10.1. The van der Waals surface area contributed by atoms with E-state index in [0.717, 1.165) is 21.7 Å². The molecule has 2 N–H and O–H groups in total. The van der Waals surface area contributed by atoms with Crippen LogP contribution < -0.4 is 20.1 Å². The molecule has 0 saturated heterocycles. The highest BCUT2D eigenvalue weighted by Gasteiger charge is 2.23. The van der Waals surface area contributed by atoms with Gasteiger partial charge < -0.3 is 20.1 Å². The Balaban J connectivity index is 1.75. The van der Waals surface area contributed by atoms with Crippen LogP contribution >= 0.6 is 23.1 Å². The Morgan fingerprint density at radius 3 is 2.70 bits per heavy atom.